The third-order valence-corrected chi connectivity index (χ3v) is 4.56. The average molecular weight is 291 g/mol. The molecule has 1 aromatic carbocycles. The van der Waals surface area contributed by atoms with E-state index in [1.807, 2.05) is 0 Å². The molecule has 0 saturated carbocycles. The lowest BCUT2D eigenvalue weighted by atomic mass is 10.2. The standard InChI is InChI=1S/C11H15ClN2O3S/c12-10-6-9(3-4-11(10)13)18(15,16)14-7-8-2-1-5-17-8/h3-4,6,8,14H,1-2,5,7,13H2. The Morgan fingerprint density at radius 3 is 2.89 bits per heavy atom. The molecule has 1 aliphatic rings. The lowest BCUT2D eigenvalue weighted by Gasteiger charge is -2.11. The molecule has 0 radical (unpaired) electrons. The van der Waals surface area contributed by atoms with Crippen LogP contribution in [0.25, 0.3) is 0 Å². The normalized spacial score (nSPS) is 20.2. The van der Waals surface area contributed by atoms with Crippen molar-refractivity contribution >= 4 is 27.3 Å². The molecule has 0 aliphatic carbocycles. The first-order valence-corrected chi connectivity index (χ1v) is 7.51. The number of nitrogens with two attached hydrogens (primary N) is 1. The fourth-order valence-electron chi connectivity index (χ4n) is 1.77. The van der Waals surface area contributed by atoms with Crippen molar-refractivity contribution in [3.8, 4) is 0 Å². The Kier molecular flexibility index (Phi) is 4.11. The van der Waals surface area contributed by atoms with Gasteiger partial charge in [0.1, 0.15) is 0 Å². The molecule has 7 heteroatoms. The summed E-state index contributed by atoms with van der Waals surface area (Å²) in [4.78, 5) is 0.111. The number of hydrogen-bond acceptors (Lipinski definition) is 4. The molecule has 100 valence electrons. The first-order valence-electron chi connectivity index (χ1n) is 5.65. The summed E-state index contributed by atoms with van der Waals surface area (Å²) in [6.45, 7) is 0.977. The van der Waals surface area contributed by atoms with E-state index in [9.17, 15) is 8.42 Å². The molecular formula is C11H15ClN2O3S. The van der Waals surface area contributed by atoms with Gasteiger partial charge in [-0.25, -0.2) is 13.1 Å². The van der Waals surface area contributed by atoms with Crippen LogP contribution >= 0.6 is 11.6 Å². The van der Waals surface area contributed by atoms with Gasteiger partial charge in [-0.3, -0.25) is 0 Å². The highest BCUT2D eigenvalue weighted by molar-refractivity contribution is 7.89. The number of halogens is 1. The second-order valence-electron chi connectivity index (χ2n) is 4.17. The van der Waals surface area contributed by atoms with Crippen LogP contribution in [0, 0.1) is 0 Å². The maximum Gasteiger partial charge on any atom is 0.240 e. The largest absolute Gasteiger partial charge is 0.398 e. The second kappa shape index (κ2) is 5.44. The topological polar surface area (TPSA) is 81.4 Å². The van der Waals surface area contributed by atoms with Crippen molar-refractivity contribution in [1.29, 1.82) is 0 Å². The van der Waals surface area contributed by atoms with Gasteiger partial charge in [0.25, 0.3) is 0 Å². The zero-order valence-electron chi connectivity index (χ0n) is 9.73. The van der Waals surface area contributed by atoms with E-state index in [0.717, 1.165) is 12.8 Å². The summed E-state index contributed by atoms with van der Waals surface area (Å²) < 4.78 is 31.8. The molecule has 1 unspecified atom stereocenters. The minimum atomic E-state index is -3.56. The van der Waals surface area contributed by atoms with Crippen LogP contribution in [-0.4, -0.2) is 27.7 Å². The lowest BCUT2D eigenvalue weighted by molar-refractivity contribution is 0.114. The minimum absolute atomic E-state index is 0.0379. The molecule has 18 heavy (non-hydrogen) atoms. The number of hydrogen-bond donors (Lipinski definition) is 2. The highest BCUT2D eigenvalue weighted by Crippen LogP contribution is 2.22. The molecule has 2 rings (SSSR count). The van der Waals surface area contributed by atoms with Gasteiger partial charge >= 0.3 is 0 Å². The van der Waals surface area contributed by atoms with Crippen molar-refractivity contribution in [1.82, 2.24) is 4.72 Å². The number of nitrogens with one attached hydrogen (secondary N) is 1. The fourth-order valence-corrected chi connectivity index (χ4v) is 3.10. The third kappa shape index (κ3) is 3.14. The molecule has 0 amide bonds. The van der Waals surface area contributed by atoms with E-state index in [1.54, 1.807) is 0 Å². The van der Waals surface area contributed by atoms with Crippen LogP contribution in [0.15, 0.2) is 23.1 Å². The van der Waals surface area contributed by atoms with Crippen molar-refractivity contribution < 1.29 is 13.2 Å². The van der Waals surface area contributed by atoms with Gasteiger partial charge in [-0.2, -0.15) is 0 Å². The van der Waals surface area contributed by atoms with Gasteiger partial charge in [0.2, 0.25) is 10.0 Å². The van der Waals surface area contributed by atoms with Crippen molar-refractivity contribution in [2.24, 2.45) is 0 Å². The molecule has 0 aromatic heterocycles. The van der Waals surface area contributed by atoms with Crippen molar-refractivity contribution in [3.63, 3.8) is 0 Å². The van der Waals surface area contributed by atoms with Gasteiger partial charge in [-0.1, -0.05) is 11.6 Å². The smallest absolute Gasteiger partial charge is 0.240 e. The van der Waals surface area contributed by atoms with Crippen LogP contribution in [-0.2, 0) is 14.8 Å². The Bertz CT molecular complexity index is 527. The van der Waals surface area contributed by atoms with E-state index in [0.29, 0.717) is 12.3 Å². The molecule has 0 bridgehead atoms. The van der Waals surface area contributed by atoms with Crippen LogP contribution in [0.5, 0.6) is 0 Å². The summed E-state index contributed by atoms with van der Waals surface area (Å²) in [5.41, 5.74) is 5.89. The number of anilines is 1. The molecule has 3 N–H and O–H groups in total. The van der Waals surface area contributed by atoms with Crippen molar-refractivity contribution in [2.45, 2.75) is 23.8 Å². The van der Waals surface area contributed by atoms with Gasteiger partial charge in [0, 0.05) is 13.2 Å². The minimum Gasteiger partial charge on any atom is -0.398 e. The summed E-state index contributed by atoms with van der Waals surface area (Å²) in [6.07, 6.45) is 1.81. The van der Waals surface area contributed by atoms with E-state index < -0.39 is 10.0 Å². The molecule has 1 aromatic rings. The number of ether oxygens (including phenoxy) is 1. The van der Waals surface area contributed by atoms with Gasteiger partial charge in [0.05, 0.1) is 21.7 Å². The predicted molar refractivity (Wildman–Crippen MR) is 70.0 cm³/mol. The van der Waals surface area contributed by atoms with Crippen LogP contribution < -0.4 is 10.5 Å². The molecule has 1 saturated heterocycles. The average Bonchev–Trinajstić information content (AvgIpc) is 2.83. The number of sulfonamides is 1. The van der Waals surface area contributed by atoms with Crippen LogP contribution in [0.2, 0.25) is 5.02 Å². The highest BCUT2D eigenvalue weighted by atomic mass is 35.5. The van der Waals surface area contributed by atoms with Gasteiger partial charge in [-0.15, -0.1) is 0 Å². The Morgan fingerprint density at radius 2 is 2.28 bits per heavy atom. The highest BCUT2D eigenvalue weighted by Gasteiger charge is 2.20. The van der Waals surface area contributed by atoms with E-state index in [4.69, 9.17) is 22.1 Å². The third-order valence-electron chi connectivity index (χ3n) is 2.81. The summed E-state index contributed by atoms with van der Waals surface area (Å²) in [5.74, 6) is 0. The predicted octanol–water partition coefficient (Wildman–Crippen LogP) is 1.38. The van der Waals surface area contributed by atoms with E-state index in [-0.39, 0.29) is 22.6 Å². The Labute approximate surface area is 111 Å². The van der Waals surface area contributed by atoms with Crippen LogP contribution in [0.3, 0.4) is 0 Å². The van der Waals surface area contributed by atoms with Gasteiger partial charge < -0.3 is 10.5 Å². The zero-order chi connectivity index (χ0) is 13.2. The maximum absolute atomic E-state index is 12.0. The van der Waals surface area contributed by atoms with Crippen molar-refractivity contribution in [3.05, 3.63) is 23.2 Å². The maximum atomic E-state index is 12.0. The first-order chi connectivity index (χ1) is 8.49. The van der Waals surface area contributed by atoms with Gasteiger partial charge in [-0.05, 0) is 31.0 Å². The summed E-state index contributed by atoms with van der Waals surface area (Å²) >= 11 is 5.81. The van der Waals surface area contributed by atoms with E-state index in [2.05, 4.69) is 4.72 Å². The molecular weight excluding hydrogens is 276 g/mol. The fraction of sp³-hybridized carbons (Fsp3) is 0.455. The quantitative estimate of drug-likeness (QED) is 0.821. The molecule has 1 atom stereocenters. The Balaban J connectivity index is 2.07. The molecule has 1 aliphatic heterocycles. The first kappa shape index (κ1) is 13.6. The molecule has 1 heterocycles. The summed E-state index contributed by atoms with van der Waals surface area (Å²) in [6, 6.07) is 4.25. The molecule has 0 spiro atoms. The van der Waals surface area contributed by atoms with E-state index in [1.165, 1.54) is 18.2 Å². The number of nitrogen functional groups attached to an aromatic ring is 1. The van der Waals surface area contributed by atoms with Crippen LogP contribution in [0.1, 0.15) is 12.8 Å². The monoisotopic (exact) mass is 290 g/mol. The van der Waals surface area contributed by atoms with Crippen molar-refractivity contribution in [2.75, 3.05) is 18.9 Å². The second-order valence-corrected chi connectivity index (χ2v) is 6.34. The van der Waals surface area contributed by atoms with E-state index >= 15 is 0 Å². The zero-order valence-corrected chi connectivity index (χ0v) is 11.3. The van der Waals surface area contributed by atoms with Crippen LogP contribution in [0.4, 0.5) is 5.69 Å². The number of benzene rings is 1. The van der Waals surface area contributed by atoms with Gasteiger partial charge in [0.15, 0.2) is 0 Å². The summed E-state index contributed by atoms with van der Waals surface area (Å²) in [5, 5.41) is 0.231. The summed E-state index contributed by atoms with van der Waals surface area (Å²) in [7, 11) is -3.56. The molecule has 5 nitrogen and oxygen atoms in total. The number of rotatable bonds is 4. The SMILES string of the molecule is Nc1ccc(S(=O)(=O)NCC2CCCO2)cc1Cl. The Hall–Kier alpha value is -0.820. The molecule has 1 fully saturated rings. The lowest BCUT2D eigenvalue weighted by Crippen LogP contribution is -2.31. The Morgan fingerprint density at radius 1 is 1.50 bits per heavy atom.